The maximum absolute atomic E-state index is 12.4. The average molecular weight is 463 g/mol. The van der Waals surface area contributed by atoms with E-state index in [1.807, 2.05) is 54.6 Å². The van der Waals surface area contributed by atoms with Crippen LogP contribution in [0.2, 0.25) is 0 Å². The van der Waals surface area contributed by atoms with Gasteiger partial charge in [0.1, 0.15) is 35.2 Å². The van der Waals surface area contributed by atoms with Gasteiger partial charge in [-0.3, -0.25) is 4.79 Å². The first-order valence-electron chi connectivity index (χ1n) is 10.7. The molecule has 0 radical (unpaired) electrons. The summed E-state index contributed by atoms with van der Waals surface area (Å²) < 4.78 is 16.8. The van der Waals surface area contributed by atoms with Crippen molar-refractivity contribution in [3.05, 3.63) is 71.1 Å². The Hall–Kier alpha value is -3.86. The number of anilines is 2. The maximum Gasteiger partial charge on any atom is 0.277 e. The molecule has 10 heteroatoms. The Morgan fingerprint density at radius 3 is 2.62 bits per heavy atom. The van der Waals surface area contributed by atoms with Crippen LogP contribution >= 0.6 is 0 Å². The molecule has 3 heterocycles. The van der Waals surface area contributed by atoms with Gasteiger partial charge in [0, 0.05) is 18.4 Å². The molecule has 5 rings (SSSR count). The highest BCUT2D eigenvalue weighted by Gasteiger charge is 2.15. The van der Waals surface area contributed by atoms with Crippen LogP contribution in [0, 0.1) is 0 Å². The van der Waals surface area contributed by atoms with Gasteiger partial charge in [0.25, 0.3) is 5.56 Å². The minimum Gasteiger partial charge on any atom is -0.491 e. The molecule has 0 saturated carbocycles. The zero-order valence-corrected chi connectivity index (χ0v) is 18.6. The minimum absolute atomic E-state index is 0.0642. The fraction of sp³-hybridized carbons (Fsp3) is 0.250. The van der Waals surface area contributed by atoms with Gasteiger partial charge in [-0.05, 0) is 24.3 Å². The van der Waals surface area contributed by atoms with E-state index in [1.54, 1.807) is 0 Å². The molecular formula is C24H25N5O5. The van der Waals surface area contributed by atoms with Gasteiger partial charge in [-0.25, -0.2) is 15.1 Å². The normalized spacial score (nSPS) is 15.3. The second-order valence-electron chi connectivity index (χ2n) is 7.25. The summed E-state index contributed by atoms with van der Waals surface area (Å²) >= 11 is 0. The van der Waals surface area contributed by atoms with Gasteiger partial charge in [-0.2, -0.15) is 5.10 Å². The van der Waals surface area contributed by atoms with Crippen molar-refractivity contribution in [2.24, 2.45) is 0 Å². The SMILES string of the molecule is CO.O=c1[nH]ncc2nc(-c3ccccc3)nc(Nc3ccc(OCC4COCCO4)cc3)c12. The maximum atomic E-state index is 12.4. The highest BCUT2D eigenvalue weighted by atomic mass is 16.6. The number of nitrogens with zero attached hydrogens (tertiary/aromatic N) is 3. The number of hydrogen-bond donors (Lipinski definition) is 3. The van der Waals surface area contributed by atoms with Crippen molar-refractivity contribution in [1.29, 1.82) is 0 Å². The zero-order valence-electron chi connectivity index (χ0n) is 18.6. The summed E-state index contributed by atoms with van der Waals surface area (Å²) in [5.41, 5.74) is 1.69. The minimum atomic E-state index is -0.362. The molecule has 0 aliphatic carbocycles. The van der Waals surface area contributed by atoms with Crippen LogP contribution in [0.3, 0.4) is 0 Å². The summed E-state index contributed by atoms with van der Waals surface area (Å²) in [6.07, 6.45) is 1.45. The molecule has 1 unspecified atom stereocenters. The zero-order chi connectivity index (χ0) is 23.8. The smallest absolute Gasteiger partial charge is 0.277 e. The quantitative estimate of drug-likeness (QED) is 0.395. The van der Waals surface area contributed by atoms with E-state index in [-0.39, 0.29) is 11.7 Å². The molecule has 0 spiro atoms. The van der Waals surface area contributed by atoms with Gasteiger partial charge < -0.3 is 24.6 Å². The third-order valence-corrected chi connectivity index (χ3v) is 4.99. The molecule has 2 aromatic carbocycles. The molecule has 2 aromatic heterocycles. The number of ether oxygens (including phenoxy) is 3. The van der Waals surface area contributed by atoms with E-state index in [2.05, 4.69) is 25.5 Å². The standard InChI is InChI=1S/C23H21N5O4.CH4O/c29-23-20-19(12-24-28-23)26-21(15-4-2-1-3-5-15)27-22(20)25-16-6-8-17(9-7-16)32-14-18-13-30-10-11-31-18;1-2/h1-9,12,18H,10-11,13-14H2,(H,28,29)(H,25,26,27);2H,1H3. The Balaban J connectivity index is 0.00000133. The molecule has 1 atom stereocenters. The summed E-state index contributed by atoms with van der Waals surface area (Å²) in [4.78, 5) is 21.6. The van der Waals surface area contributed by atoms with E-state index in [1.165, 1.54) is 6.20 Å². The van der Waals surface area contributed by atoms with Gasteiger partial charge >= 0.3 is 0 Å². The number of nitrogens with one attached hydrogen (secondary N) is 2. The number of aliphatic hydroxyl groups is 1. The number of fused-ring (bicyclic) bond motifs is 1. The van der Waals surface area contributed by atoms with Crippen LogP contribution < -0.4 is 15.6 Å². The molecule has 3 N–H and O–H groups in total. The third-order valence-electron chi connectivity index (χ3n) is 4.99. The van der Waals surface area contributed by atoms with Crippen LogP contribution in [0.25, 0.3) is 22.3 Å². The molecular weight excluding hydrogens is 438 g/mol. The monoisotopic (exact) mass is 463 g/mol. The lowest BCUT2D eigenvalue weighted by Crippen LogP contribution is -2.33. The van der Waals surface area contributed by atoms with E-state index in [0.29, 0.717) is 54.7 Å². The molecule has 1 aliphatic heterocycles. The van der Waals surface area contributed by atoms with Crippen LogP contribution in [-0.2, 0) is 9.47 Å². The van der Waals surface area contributed by atoms with Gasteiger partial charge in [0.15, 0.2) is 5.82 Å². The summed E-state index contributed by atoms with van der Waals surface area (Å²) in [5, 5.41) is 16.9. The predicted octanol–water partition coefficient (Wildman–Crippen LogP) is 2.53. The number of H-pyrrole nitrogens is 1. The molecule has 0 amide bonds. The molecule has 0 bridgehead atoms. The van der Waals surface area contributed by atoms with Crippen molar-refractivity contribution in [2.75, 3.05) is 38.9 Å². The highest BCUT2D eigenvalue weighted by Crippen LogP contribution is 2.26. The van der Waals surface area contributed by atoms with Crippen LogP contribution in [0.4, 0.5) is 11.5 Å². The largest absolute Gasteiger partial charge is 0.491 e. The van der Waals surface area contributed by atoms with E-state index >= 15 is 0 Å². The van der Waals surface area contributed by atoms with E-state index in [0.717, 1.165) is 18.4 Å². The predicted molar refractivity (Wildman–Crippen MR) is 127 cm³/mol. The number of aromatic nitrogens is 4. The Morgan fingerprint density at radius 1 is 1.09 bits per heavy atom. The van der Waals surface area contributed by atoms with E-state index in [9.17, 15) is 4.79 Å². The van der Waals surface area contributed by atoms with Crippen molar-refractivity contribution in [1.82, 2.24) is 20.2 Å². The topological polar surface area (TPSA) is 131 Å². The number of aliphatic hydroxyl groups excluding tert-OH is 1. The van der Waals surface area contributed by atoms with Gasteiger partial charge in [0.05, 0.1) is 26.0 Å². The van der Waals surface area contributed by atoms with Crippen molar-refractivity contribution in [2.45, 2.75) is 6.10 Å². The Bertz CT molecular complexity index is 1260. The van der Waals surface area contributed by atoms with Crippen molar-refractivity contribution in [3.8, 4) is 17.1 Å². The lowest BCUT2D eigenvalue weighted by Gasteiger charge is -2.23. The number of aromatic amines is 1. The van der Waals surface area contributed by atoms with Gasteiger partial charge in [-0.1, -0.05) is 30.3 Å². The Morgan fingerprint density at radius 2 is 1.88 bits per heavy atom. The Labute approximate surface area is 195 Å². The van der Waals surface area contributed by atoms with Gasteiger partial charge in [0.2, 0.25) is 0 Å². The number of hydrogen-bond acceptors (Lipinski definition) is 9. The van der Waals surface area contributed by atoms with Crippen LogP contribution in [0.1, 0.15) is 0 Å². The molecule has 1 saturated heterocycles. The highest BCUT2D eigenvalue weighted by molar-refractivity contribution is 5.91. The Kier molecular flexibility index (Phi) is 7.76. The third kappa shape index (κ3) is 5.54. The molecule has 10 nitrogen and oxygen atoms in total. The first-order chi connectivity index (χ1) is 16.8. The fourth-order valence-electron chi connectivity index (χ4n) is 3.40. The summed E-state index contributed by atoms with van der Waals surface area (Å²) in [6, 6.07) is 17.0. The lowest BCUT2D eigenvalue weighted by atomic mass is 10.2. The lowest BCUT2D eigenvalue weighted by molar-refractivity contribution is -0.101. The summed E-state index contributed by atoms with van der Waals surface area (Å²) in [5.74, 6) is 1.62. The van der Waals surface area contributed by atoms with E-state index in [4.69, 9.17) is 19.3 Å². The number of rotatable bonds is 6. The summed E-state index contributed by atoms with van der Waals surface area (Å²) in [7, 11) is 1.00. The van der Waals surface area contributed by atoms with Gasteiger partial charge in [-0.15, -0.1) is 0 Å². The second kappa shape index (κ2) is 11.3. The summed E-state index contributed by atoms with van der Waals surface area (Å²) in [6.45, 7) is 2.17. The first-order valence-corrected chi connectivity index (χ1v) is 10.7. The molecule has 176 valence electrons. The molecule has 34 heavy (non-hydrogen) atoms. The molecule has 4 aromatic rings. The number of benzene rings is 2. The van der Waals surface area contributed by atoms with Crippen LogP contribution in [0.5, 0.6) is 5.75 Å². The van der Waals surface area contributed by atoms with E-state index < -0.39 is 0 Å². The van der Waals surface area contributed by atoms with Crippen molar-refractivity contribution in [3.63, 3.8) is 0 Å². The molecule has 1 aliphatic rings. The fourth-order valence-corrected chi connectivity index (χ4v) is 3.40. The molecule has 1 fully saturated rings. The van der Waals surface area contributed by atoms with Crippen LogP contribution in [-0.4, -0.2) is 64.9 Å². The van der Waals surface area contributed by atoms with Crippen molar-refractivity contribution < 1.29 is 19.3 Å². The second-order valence-corrected chi connectivity index (χ2v) is 7.25. The average Bonchev–Trinajstić information content (AvgIpc) is 2.90. The van der Waals surface area contributed by atoms with Crippen molar-refractivity contribution >= 4 is 22.4 Å². The van der Waals surface area contributed by atoms with Crippen LogP contribution in [0.15, 0.2) is 65.6 Å². The first kappa shape index (κ1) is 23.3.